The zero-order valence-electron chi connectivity index (χ0n) is 14.3. The number of hydrogen-bond donors (Lipinski definition) is 1. The van der Waals surface area contributed by atoms with E-state index in [1.54, 1.807) is 30.3 Å². The van der Waals surface area contributed by atoms with Crippen molar-refractivity contribution in [3.63, 3.8) is 0 Å². The van der Waals surface area contributed by atoms with E-state index in [2.05, 4.69) is 5.32 Å². The summed E-state index contributed by atoms with van der Waals surface area (Å²) in [5.41, 5.74) is 0.823. The molecular formula is C21H17NO5. The zero-order valence-corrected chi connectivity index (χ0v) is 14.3. The molecule has 0 aliphatic rings. The van der Waals surface area contributed by atoms with Gasteiger partial charge in [-0.05, 0) is 35.9 Å². The molecule has 2 heterocycles. The molecule has 6 heteroatoms. The standard InChI is InChI=1S/C21H17NO5/c23-20(11-10-16-6-2-1-3-7-16)22-19(14-17-8-4-12-25-17)21(24)27-15-18-9-5-13-26-18/h1-14H,15H2,(H,22,23)/b11-10+,19-14-. The van der Waals surface area contributed by atoms with E-state index in [0.29, 0.717) is 11.5 Å². The minimum Gasteiger partial charge on any atom is -0.466 e. The van der Waals surface area contributed by atoms with Gasteiger partial charge >= 0.3 is 5.97 Å². The van der Waals surface area contributed by atoms with Crippen LogP contribution < -0.4 is 5.32 Å². The zero-order chi connectivity index (χ0) is 18.9. The van der Waals surface area contributed by atoms with Gasteiger partial charge in [-0.1, -0.05) is 30.3 Å². The predicted octanol–water partition coefficient (Wildman–Crippen LogP) is 3.79. The SMILES string of the molecule is O=C(/C=C/c1ccccc1)N/C(=C\c1ccco1)C(=O)OCc1ccco1. The fourth-order valence-corrected chi connectivity index (χ4v) is 2.18. The second-order valence-electron chi connectivity index (χ2n) is 5.46. The number of esters is 1. The van der Waals surface area contributed by atoms with Gasteiger partial charge in [0.05, 0.1) is 12.5 Å². The Bertz CT molecular complexity index is 922. The fraction of sp³-hybridized carbons (Fsp3) is 0.0476. The molecule has 1 amide bonds. The third kappa shape index (κ3) is 5.61. The van der Waals surface area contributed by atoms with Crippen LogP contribution in [0.4, 0.5) is 0 Å². The quantitative estimate of drug-likeness (QED) is 0.510. The van der Waals surface area contributed by atoms with Gasteiger partial charge in [-0.3, -0.25) is 4.79 Å². The molecule has 0 aliphatic heterocycles. The van der Waals surface area contributed by atoms with Gasteiger partial charge in [0.25, 0.3) is 0 Å². The van der Waals surface area contributed by atoms with E-state index >= 15 is 0 Å². The van der Waals surface area contributed by atoms with Crippen LogP contribution in [-0.2, 0) is 20.9 Å². The largest absolute Gasteiger partial charge is 0.466 e. The summed E-state index contributed by atoms with van der Waals surface area (Å²) in [6, 6.07) is 16.1. The van der Waals surface area contributed by atoms with Gasteiger partial charge in [-0.25, -0.2) is 4.79 Å². The molecule has 0 atom stereocenters. The Morgan fingerprint density at radius 3 is 2.44 bits per heavy atom. The normalized spacial score (nSPS) is 11.5. The van der Waals surface area contributed by atoms with Crippen LogP contribution in [0.5, 0.6) is 0 Å². The van der Waals surface area contributed by atoms with Gasteiger partial charge in [0, 0.05) is 12.2 Å². The summed E-state index contributed by atoms with van der Waals surface area (Å²) >= 11 is 0. The Labute approximate surface area is 155 Å². The van der Waals surface area contributed by atoms with Crippen molar-refractivity contribution in [2.24, 2.45) is 0 Å². The molecule has 0 saturated carbocycles. The van der Waals surface area contributed by atoms with Crippen molar-refractivity contribution in [3.8, 4) is 0 Å². The van der Waals surface area contributed by atoms with Crippen molar-refractivity contribution in [2.75, 3.05) is 0 Å². The number of ether oxygens (including phenoxy) is 1. The number of furan rings is 2. The molecular weight excluding hydrogens is 346 g/mol. The predicted molar refractivity (Wildman–Crippen MR) is 98.8 cm³/mol. The number of amides is 1. The average Bonchev–Trinajstić information content (AvgIpc) is 3.39. The molecule has 0 radical (unpaired) electrons. The Morgan fingerprint density at radius 2 is 1.74 bits per heavy atom. The minimum atomic E-state index is -0.704. The van der Waals surface area contributed by atoms with E-state index in [-0.39, 0.29) is 12.3 Å². The first kappa shape index (κ1) is 18.0. The van der Waals surface area contributed by atoms with E-state index < -0.39 is 11.9 Å². The highest BCUT2D eigenvalue weighted by Crippen LogP contribution is 2.10. The lowest BCUT2D eigenvalue weighted by Crippen LogP contribution is -2.27. The van der Waals surface area contributed by atoms with Crippen molar-refractivity contribution < 1.29 is 23.2 Å². The van der Waals surface area contributed by atoms with Crippen LogP contribution in [0.2, 0.25) is 0 Å². The topological polar surface area (TPSA) is 81.7 Å². The lowest BCUT2D eigenvalue weighted by molar-refractivity contribution is -0.141. The summed E-state index contributed by atoms with van der Waals surface area (Å²) in [5, 5.41) is 2.53. The van der Waals surface area contributed by atoms with Gasteiger partial charge in [0.2, 0.25) is 5.91 Å². The Morgan fingerprint density at radius 1 is 0.963 bits per heavy atom. The Hall–Kier alpha value is -3.80. The summed E-state index contributed by atoms with van der Waals surface area (Å²) in [6.45, 7) is -0.0446. The van der Waals surface area contributed by atoms with E-state index in [1.807, 2.05) is 30.3 Å². The summed E-state index contributed by atoms with van der Waals surface area (Å²) in [6.07, 6.45) is 7.34. The number of carbonyl (C=O) groups is 2. The highest BCUT2D eigenvalue weighted by Gasteiger charge is 2.15. The van der Waals surface area contributed by atoms with Crippen LogP contribution >= 0.6 is 0 Å². The summed E-state index contributed by atoms with van der Waals surface area (Å²) < 4.78 is 15.5. The van der Waals surface area contributed by atoms with Gasteiger partial charge in [-0.15, -0.1) is 0 Å². The lowest BCUT2D eigenvalue weighted by atomic mass is 10.2. The molecule has 27 heavy (non-hydrogen) atoms. The fourth-order valence-electron chi connectivity index (χ4n) is 2.18. The average molecular weight is 363 g/mol. The molecule has 3 aromatic rings. The van der Waals surface area contributed by atoms with Crippen molar-refractivity contribution in [1.82, 2.24) is 5.32 Å². The number of carbonyl (C=O) groups excluding carboxylic acids is 2. The molecule has 0 unspecified atom stereocenters. The van der Waals surface area contributed by atoms with Crippen molar-refractivity contribution in [2.45, 2.75) is 6.61 Å². The molecule has 0 bridgehead atoms. The first-order valence-electron chi connectivity index (χ1n) is 8.19. The Kier molecular flexibility index (Phi) is 6.04. The maximum absolute atomic E-state index is 12.4. The molecule has 1 N–H and O–H groups in total. The number of benzene rings is 1. The molecule has 136 valence electrons. The maximum Gasteiger partial charge on any atom is 0.355 e. The maximum atomic E-state index is 12.4. The highest BCUT2D eigenvalue weighted by atomic mass is 16.5. The molecule has 2 aromatic heterocycles. The van der Waals surface area contributed by atoms with E-state index in [9.17, 15) is 9.59 Å². The third-order valence-electron chi connectivity index (χ3n) is 3.46. The summed E-state index contributed by atoms with van der Waals surface area (Å²) in [5.74, 6) is -0.265. The van der Waals surface area contributed by atoms with Gasteiger partial charge in [0.15, 0.2) is 0 Å². The van der Waals surface area contributed by atoms with Gasteiger partial charge in [0.1, 0.15) is 23.8 Å². The van der Waals surface area contributed by atoms with Crippen LogP contribution in [0.3, 0.4) is 0 Å². The van der Waals surface area contributed by atoms with Gasteiger partial charge < -0.3 is 18.9 Å². The van der Waals surface area contributed by atoms with Crippen LogP contribution in [0.15, 0.2) is 87.7 Å². The first-order chi connectivity index (χ1) is 13.2. The molecule has 0 saturated heterocycles. The summed E-state index contributed by atoms with van der Waals surface area (Å²) in [7, 11) is 0. The van der Waals surface area contributed by atoms with E-state index in [0.717, 1.165) is 5.56 Å². The lowest BCUT2D eigenvalue weighted by Gasteiger charge is -2.08. The van der Waals surface area contributed by atoms with E-state index in [1.165, 1.54) is 24.7 Å². The molecule has 0 fully saturated rings. The molecule has 6 nitrogen and oxygen atoms in total. The number of rotatable bonds is 7. The minimum absolute atomic E-state index is 0.0424. The monoisotopic (exact) mass is 363 g/mol. The first-order valence-corrected chi connectivity index (χ1v) is 8.19. The second kappa shape index (κ2) is 9.05. The van der Waals surface area contributed by atoms with Crippen LogP contribution in [0, 0.1) is 0 Å². The third-order valence-corrected chi connectivity index (χ3v) is 3.46. The molecule has 0 aliphatic carbocycles. The van der Waals surface area contributed by atoms with Crippen molar-refractivity contribution >= 4 is 24.0 Å². The highest BCUT2D eigenvalue weighted by molar-refractivity contribution is 6.01. The van der Waals surface area contributed by atoms with Crippen molar-refractivity contribution in [1.29, 1.82) is 0 Å². The molecule has 0 spiro atoms. The molecule has 3 rings (SSSR count). The number of hydrogen-bond acceptors (Lipinski definition) is 5. The van der Waals surface area contributed by atoms with E-state index in [4.69, 9.17) is 13.6 Å². The second-order valence-corrected chi connectivity index (χ2v) is 5.46. The van der Waals surface area contributed by atoms with Crippen LogP contribution in [-0.4, -0.2) is 11.9 Å². The van der Waals surface area contributed by atoms with Crippen molar-refractivity contribution in [3.05, 3.63) is 96.0 Å². The van der Waals surface area contributed by atoms with Crippen LogP contribution in [0.1, 0.15) is 17.1 Å². The van der Waals surface area contributed by atoms with Crippen LogP contribution in [0.25, 0.3) is 12.2 Å². The molecule has 1 aromatic carbocycles. The Balaban J connectivity index is 1.68. The summed E-state index contributed by atoms with van der Waals surface area (Å²) in [4.78, 5) is 24.6. The van der Waals surface area contributed by atoms with Gasteiger partial charge in [-0.2, -0.15) is 0 Å². The smallest absolute Gasteiger partial charge is 0.355 e. The number of nitrogens with one attached hydrogen (secondary N) is 1.